The average molecular weight is 341 g/mol. The molecule has 0 radical (unpaired) electrons. The Morgan fingerprint density at radius 3 is 2.44 bits per heavy atom. The van der Waals surface area contributed by atoms with Crippen LogP contribution in [0.4, 0.5) is 0 Å². The van der Waals surface area contributed by atoms with Gasteiger partial charge in [-0.05, 0) is 42.5 Å². The molecular weight excluding hydrogens is 318 g/mol. The number of carboxylic acids is 1. The Morgan fingerprint density at radius 1 is 1.08 bits per heavy atom. The molecule has 1 unspecified atom stereocenters. The summed E-state index contributed by atoms with van der Waals surface area (Å²) in [7, 11) is 0. The number of benzene rings is 2. The fourth-order valence-corrected chi connectivity index (χ4v) is 2.43. The van der Waals surface area contributed by atoms with Crippen LogP contribution in [0, 0.1) is 13.8 Å². The first-order valence-electron chi connectivity index (χ1n) is 8.18. The number of hydrogen-bond donors (Lipinski definition) is 2. The standard InChI is InChI=1S/C20H23NO4/c1-14-8-9-17(12-15(14)2)19(20(23)24)21-18(22)13-25-11-10-16-6-4-3-5-7-16/h3-9,12,19H,10-11,13H2,1-2H3,(H,21,22)(H,23,24). The van der Waals surface area contributed by atoms with E-state index >= 15 is 0 Å². The summed E-state index contributed by atoms with van der Waals surface area (Å²) in [4.78, 5) is 23.5. The van der Waals surface area contributed by atoms with Crippen molar-refractivity contribution in [3.63, 3.8) is 0 Å². The largest absolute Gasteiger partial charge is 0.479 e. The van der Waals surface area contributed by atoms with Crippen LogP contribution in [-0.2, 0) is 20.7 Å². The molecule has 2 aromatic rings. The zero-order valence-electron chi connectivity index (χ0n) is 14.5. The molecule has 0 fully saturated rings. The van der Waals surface area contributed by atoms with Crippen LogP contribution in [0.2, 0.25) is 0 Å². The highest BCUT2D eigenvalue weighted by Gasteiger charge is 2.22. The lowest BCUT2D eigenvalue weighted by atomic mass is 10.0. The topological polar surface area (TPSA) is 75.6 Å². The summed E-state index contributed by atoms with van der Waals surface area (Å²) in [6.07, 6.45) is 0.702. The third kappa shape index (κ3) is 5.72. The Bertz CT molecular complexity index is 728. The van der Waals surface area contributed by atoms with Gasteiger partial charge in [0, 0.05) is 0 Å². The highest BCUT2D eigenvalue weighted by atomic mass is 16.5. The third-order valence-electron chi connectivity index (χ3n) is 4.03. The fraction of sp³-hybridized carbons (Fsp3) is 0.300. The van der Waals surface area contributed by atoms with E-state index in [9.17, 15) is 14.7 Å². The summed E-state index contributed by atoms with van der Waals surface area (Å²) in [6.45, 7) is 4.10. The van der Waals surface area contributed by atoms with Crippen LogP contribution in [0.25, 0.3) is 0 Å². The van der Waals surface area contributed by atoms with Crippen LogP contribution in [0.5, 0.6) is 0 Å². The Kier molecular flexibility index (Phi) is 6.71. The molecule has 132 valence electrons. The van der Waals surface area contributed by atoms with E-state index in [0.717, 1.165) is 16.7 Å². The highest BCUT2D eigenvalue weighted by Crippen LogP contribution is 2.17. The highest BCUT2D eigenvalue weighted by molar-refractivity contribution is 5.85. The average Bonchev–Trinajstić information content (AvgIpc) is 2.60. The minimum Gasteiger partial charge on any atom is -0.479 e. The van der Waals surface area contributed by atoms with Gasteiger partial charge in [0.1, 0.15) is 6.61 Å². The van der Waals surface area contributed by atoms with Gasteiger partial charge in [-0.15, -0.1) is 0 Å². The quantitative estimate of drug-likeness (QED) is 0.724. The molecule has 0 aliphatic heterocycles. The number of ether oxygens (including phenoxy) is 1. The Labute approximate surface area is 147 Å². The normalized spacial score (nSPS) is 11.8. The summed E-state index contributed by atoms with van der Waals surface area (Å²) in [5, 5.41) is 11.9. The SMILES string of the molecule is Cc1ccc(C(NC(=O)COCCc2ccccc2)C(=O)O)cc1C. The molecule has 1 atom stereocenters. The Balaban J connectivity index is 1.85. The molecule has 0 aromatic heterocycles. The van der Waals surface area contributed by atoms with E-state index in [0.29, 0.717) is 18.6 Å². The van der Waals surface area contributed by atoms with Gasteiger partial charge < -0.3 is 15.2 Å². The van der Waals surface area contributed by atoms with Crippen LogP contribution in [0.15, 0.2) is 48.5 Å². The van der Waals surface area contributed by atoms with E-state index < -0.39 is 17.9 Å². The molecule has 5 heteroatoms. The van der Waals surface area contributed by atoms with E-state index in [2.05, 4.69) is 5.32 Å². The van der Waals surface area contributed by atoms with Crippen molar-refractivity contribution in [2.45, 2.75) is 26.3 Å². The molecule has 0 saturated heterocycles. The Hall–Kier alpha value is -2.66. The summed E-state index contributed by atoms with van der Waals surface area (Å²) in [5.74, 6) is -1.54. The van der Waals surface area contributed by atoms with Gasteiger partial charge in [-0.25, -0.2) is 4.79 Å². The minimum atomic E-state index is -1.10. The van der Waals surface area contributed by atoms with Crippen molar-refractivity contribution >= 4 is 11.9 Å². The maximum Gasteiger partial charge on any atom is 0.330 e. The lowest BCUT2D eigenvalue weighted by Gasteiger charge is -2.16. The van der Waals surface area contributed by atoms with Crippen molar-refractivity contribution in [1.29, 1.82) is 0 Å². The number of rotatable bonds is 8. The smallest absolute Gasteiger partial charge is 0.330 e. The van der Waals surface area contributed by atoms with Crippen molar-refractivity contribution < 1.29 is 19.4 Å². The first-order valence-corrected chi connectivity index (χ1v) is 8.18. The second-order valence-corrected chi connectivity index (χ2v) is 5.97. The maximum atomic E-state index is 12.0. The first-order chi connectivity index (χ1) is 12.0. The summed E-state index contributed by atoms with van der Waals surface area (Å²) in [5.41, 5.74) is 3.73. The second kappa shape index (κ2) is 8.99. The van der Waals surface area contributed by atoms with Gasteiger partial charge >= 0.3 is 5.97 Å². The third-order valence-corrected chi connectivity index (χ3v) is 4.03. The maximum absolute atomic E-state index is 12.0. The molecule has 0 bridgehead atoms. The van der Waals surface area contributed by atoms with Crippen molar-refractivity contribution in [2.75, 3.05) is 13.2 Å². The molecule has 2 aromatic carbocycles. The minimum absolute atomic E-state index is 0.165. The zero-order chi connectivity index (χ0) is 18.2. The summed E-state index contributed by atoms with van der Waals surface area (Å²) >= 11 is 0. The number of amides is 1. The van der Waals surface area contributed by atoms with Crippen LogP contribution in [0.1, 0.15) is 28.3 Å². The number of aliphatic carboxylic acids is 1. The van der Waals surface area contributed by atoms with E-state index in [-0.39, 0.29) is 6.61 Å². The summed E-state index contributed by atoms with van der Waals surface area (Å²) < 4.78 is 5.35. The van der Waals surface area contributed by atoms with Crippen LogP contribution in [0.3, 0.4) is 0 Å². The van der Waals surface area contributed by atoms with Gasteiger partial charge in [-0.1, -0.05) is 48.5 Å². The molecular formula is C20H23NO4. The molecule has 2 N–H and O–H groups in total. The predicted octanol–water partition coefficient (Wildman–Crippen LogP) is 2.80. The van der Waals surface area contributed by atoms with Gasteiger partial charge in [0.15, 0.2) is 6.04 Å². The lowest BCUT2D eigenvalue weighted by molar-refractivity contribution is -0.142. The van der Waals surface area contributed by atoms with E-state index in [4.69, 9.17) is 4.74 Å². The molecule has 0 aliphatic rings. The fourth-order valence-electron chi connectivity index (χ4n) is 2.43. The molecule has 0 aliphatic carbocycles. The molecule has 1 amide bonds. The van der Waals surface area contributed by atoms with Crippen molar-refractivity contribution in [2.24, 2.45) is 0 Å². The molecule has 0 saturated carbocycles. The van der Waals surface area contributed by atoms with Gasteiger partial charge in [0.05, 0.1) is 6.61 Å². The van der Waals surface area contributed by atoms with E-state index in [1.54, 1.807) is 12.1 Å². The number of aryl methyl sites for hydroxylation is 2. The Morgan fingerprint density at radius 2 is 1.80 bits per heavy atom. The van der Waals surface area contributed by atoms with Gasteiger partial charge in [-0.3, -0.25) is 4.79 Å². The van der Waals surface area contributed by atoms with Crippen molar-refractivity contribution in [1.82, 2.24) is 5.32 Å². The number of carbonyl (C=O) groups excluding carboxylic acids is 1. The second-order valence-electron chi connectivity index (χ2n) is 5.97. The molecule has 0 heterocycles. The van der Waals surface area contributed by atoms with Crippen LogP contribution < -0.4 is 5.32 Å². The number of carboxylic acid groups (broad SMARTS) is 1. The van der Waals surface area contributed by atoms with Gasteiger partial charge in [0.2, 0.25) is 5.91 Å². The molecule has 0 spiro atoms. The lowest BCUT2D eigenvalue weighted by Crippen LogP contribution is -2.36. The zero-order valence-corrected chi connectivity index (χ0v) is 14.5. The van der Waals surface area contributed by atoms with E-state index in [1.165, 1.54) is 0 Å². The molecule has 25 heavy (non-hydrogen) atoms. The van der Waals surface area contributed by atoms with Gasteiger partial charge in [-0.2, -0.15) is 0 Å². The van der Waals surface area contributed by atoms with Crippen molar-refractivity contribution in [3.8, 4) is 0 Å². The van der Waals surface area contributed by atoms with Crippen LogP contribution >= 0.6 is 0 Å². The molecule has 5 nitrogen and oxygen atoms in total. The number of hydrogen-bond acceptors (Lipinski definition) is 3. The number of carbonyl (C=O) groups is 2. The first kappa shape index (κ1) is 18.7. The predicted molar refractivity (Wildman–Crippen MR) is 95.4 cm³/mol. The van der Waals surface area contributed by atoms with Gasteiger partial charge in [0.25, 0.3) is 0 Å². The molecule has 2 rings (SSSR count). The van der Waals surface area contributed by atoms with Crippen LogP contribution in [-0.4, -0.2) is 30.2 Å². The van der Waals surface area contributed by atoms with E-state index in [1.807, 2.05) is 50.2 Å². The van der Waals surface area contributed by atoms with Crippen molar-refractivity contribution in [3.05, 3.63) is 70.8 Å². The monoisotopic (exact) mass is 341 g/mol. The number of nitrogens with one attached hydrogen (secondary N) is 1. The summed E-state index contributed by atoms with van der Waals surface area (Å²) in [6, 6.07) is 14.1.